The molecule has 0 bridgehead atoms. The topological polar surface area (TPSA) is 68.2 Å². The molecule has 0 aromatic rings. The molecule has 1 amide bonds. The summed E-state index contributed by atoms with van der Waals surface area (Å²) in [4.78, 5) is 13.9. The summed E-state index contributed by atoms with van der Waals surface area (Å²) in [6.45, 7) is 10.5. The van der Waals surface area contributed by atoms with Crippen molar-refractivity contribution in [3.63, 3.8) is 0 Å². The minimum absolute atomic E-state index is 0.135. The molecule has 0 saturated carbocycles. The summed E-state index contributed by atoms with van der Waals surface area (Å²) in [6, 6.07) is 1.92. The third-order valence-corrected chi connectivity index (χ3v) is 2.89. The highest BCUT2D eigenvalue weighted by atomic mass is 16.1. The van der Waals surface area contributed by atoms with Crippen molar-refractivity contribution in [1.29, 1.82) is 5.26 Å². The number of nitrogens with zero attached hydrogens (tertiary/aromatic N) is 2. The molecule has 2 N–H and O–H groups in total. The number of carbonyl (C=O) groups excluding carboxylic acids is 1. The van der Waals surface area contributed by atoms with Gasteiger partial charge in [0.1, 0.15) is 11.6 Å². The van der Waals surface area contributed by atoms with Crippen LogP contribution in [0.3, 0.4) is 0 Å². The number of nitrogens with one attached hydrogen (secondary N) is 2. The van der Waals surface area contributed by atoms with Gasteiger partial charge in [-0.25, -0.2) is 0 Å². The van der Waals surface area contributed by atoms with Crippen LogP contribution in [0.25, 0.3) is 0 Å². The van der Waals surface area contributed by atoms with Crippen LogP contribution in [0.2, 0.25) is 0 Å². The first-order chi connectivity index (χ1) is 9.19. The summed E-state index contributed by atoms with van der Waals surface area (Å²) in [6.07, 6.45) is 3.46. The molecule has 0 aliphatic rings. The molecule has 108 valence electrons. The Balaban J connectivity index is 4.04. The molecule has 0 aromatic heterocycles. The first-order valence-corrected chi connectivity index (χ1v) is 7.03. The van der Waals surface area contributed by atoms with E-state index < -0.39 is 0 Å². The highest BCUT2D eigenvalue weighted by molar-refractivity contribution is 5.97. The predicted molar refractivity (Wildman–Crippen MR) is 77.4 cm³/mol. The number of likely N-dealkylation sites (N-methyl/N-ethyl adjacent to an activating group) is 1. The molecule has 0 aliphatic heterocycles. The molecule has 0 fully saturated rings. The lowest BCUT2D eigenvalue weighted by Gasteiger charge is -2.17. The average molecular weight is 266 g/mol. The monoisotopic (exact) mass is 266 g/mol. The van der Waals surface area contributed by atoms with Crippen molar-refractivity contribution in [2.24, 2.45) is 0 Å². The Hall–Kier alpha value is -1.54. The van der Waals surface area contributed by atoms with Crippen LogP contribution >= 0.6 is 0 Å². The van der Waals surface area contributed by atoms with Gasteiger partial charge in [0, 0.05) is 25.8 Å². The molecule has 0 saturated heterocycles. The number of hydrogen-bond donors (Lipinski definition) is 2. The molecule has 0 rings (SSSR count). The molecule has 0 aromatic carbocycles. The summed E-state index contributed by atoms with van der Waals surface area (Å²) >= 11 is 0. The van der Waals surface area contributed by atoms with E-state index in [4.69, 9.17) is 5.26 Å². The summed E-state index contributed by atoms with van der Waals surface area (Å²) in [5.74, 6) is -0.300. The van der Waals surface area contributed by atoms with Gasteiger partial charge in [0.15, 0.2) is 0 Å². The van der Waals surface area contributed by atoms with Crippen LogP contribution in [0.15, 0.2) is 11.8 Å². The third-order valence-electron chi connectivity index (χ3n) is 2.89. The second-order valence-corrected chi connectivity index (χ2v) is 4.26. The van der Waals surface area contributed by atoms with Crippen LogP contribution in [0.4, 0.5) is 0 Å². The normalized spacial score (nSPS) is 11.2. The molecule has 0 heterocycles. The Bertz CT molecular complexity index is 316. The van der Waals surface area contributed by atoms with Crippen molar-refractivity contribution < 1.29 is 4.79 Å². The SMILES string of the molecule is CCCCNC(=O)/C(C#N)=C\NCCN(CC)CC. The van der Waals surface area contributed by atoms with E-state index in [0.717, 1.165) is 39.0 Å². The molecule has 5 heteroatoms. The largest absolute Gasteiger partial charge is 0.388 e. The van der Waals surface area contributed by atoms with Gasteiger partial charge in [0.25, 0.3) is 5.91 Å². The van der Waals surface area contributed by atoms with Gasteiger partial charge in [-0.05, 0) is 19.5 Å². The molecule has 0 aliphatic carbocycles. The van der Waals surface area contributed by atoms with Crippen molar-refractivity contribution in [2.45, 2.75) is 33.6 Å². The van der Waals surface area contributed by atoms with Crippen molar-refractivity contribution >= 4 is 5.91 Å². The van der Waals surface area contributed by atoms with E-state index in [-0.39, 0.29) is 11.5 Å². The maximum atomic E-state index is 11.6. The fourth-order valence-corrected chi connectivity index (χ4v) is 1.56. The van der Waals surface area contributed by atoms with E-state index in [1.165, 1.54) is 6.20 Å². The van der Waals surface area contributed by atoms with Gasteiger partial charge in [0.05, 0.1) is 0 Å². The second-order valence-electron chi connectivity index (χ2n) is 4.26. The lowest BCUT2D eigenvalue weighted by Crippen LogP contribution is -2.31. The number of rotatable bonds is 10. The third kappa shape index (κ3) is 8.22. The number of nitriles is 1. The first-order valence-electron chi connectivity index (χ1n) is 7.03. The van der Waals surface area contributed by atoms with E-state index in [9.17, 15) is 4.79 Å². The van der Waals surface area contributed by atoms with E-state index in [2.05, 4.69) is 36.3 Å². The van der Waals surface area contributed by atoms with Gasteiger partial charge in [-0.3, -0.25) is 4.79 Å². The molecular formula is C14H26N4O. The number of unbranched alkanes of at least 4 members (excludes halogenated alkanes) is 1. The first kappa shape index (κ1) is 17.5. The average Bonchev–Trinajstić information content (AvgIpc) is 2.43. The summed E-state index contributed by atoms with van der Waals surface area (Å²) < 4.78 is 0. The van der Waals surface area contributed by atoms with Crippen LogP contribution in [0.5, 0.6) is 0 Å². The molecule has 5 nitrogen and oxygen atoms in total. The lowest BCUT2D eigenvalue weighted by molar-refractivity contribution is -0.117. The van der Waals surface area contributed by atoms with E-state index in [1.807, 2.05) is 6.07 Å². The molecule has 19 heavy (non-hydrogen) atoms. The fraction of sp³-hybridized carbons (Fsp3) is 0.714. The standard InChI is InChI=1S/C14H26N4O/c1-4-7-8-17-14(19)13(11-15)12-16-9-10-18(5-2)6-3/h12,16H,4-10H2,1-3H3,(H,17,19)/b13-12-. The Morgan fingerprint density at radius 3 is 2.47 bits per heavy atom. The molecular weight excluding hydrogens is 240 g/mol. The highest BCUT2D eigenvalue weighted by Gasteiger charge is 2.07. The van der Waals surface area contributed by atoms with Crippen LogP contribution in [0, 0.1) is 11.3 Å². The highest BCUT2D eigenvalue weighted by Crippen LogP contribution is 1.92. The number of amides is 1. The van der Waals surface area contributed by atoms with Gasteiger partial charge < -0.3 is 15.5 Å². The minimum Gasteiger partial charge on any atom is -0.388 e. The minimum atomic E-state index is -0.300. The van der Waals surface area contributed by atoms with Gasteiger partial charge >= 0.3 is 0 Å². The number of carbonyl (C=O) groups is 1. The van der Waals surface area contributed by atoms with E-state index in [1.54, 1.807) is 0 Å². The lowest BCUT2D eigenvalue weighted by atomic mass is 10.2. The molecule has 0 spiro atoms. The Labute approximate surface area is 116 Å². The smallest absolute Gasteiger partial charge is 0.263 e. The summed E-state index contributed by atoms with van der Waals surface area (Å²) in [5, 5.41) is 14.7. The Morgan fingerprint density at radius 2 is 1.95 bits per heavy atom. The summed E-state index contributed by atoms with van der Waals surface area (Å²) in [7, 11) is 0. The van der Waals surface area contributed by atoms with Crippen molar-refractivity contribution in [3.05, 3.63) is 11.8 Å². The zero-order valence-electron chi connectivity index (χ0n) is 12.3. The predicted octanol–water partition coefficient (Wildman–Crippen LogP) is 1.24. The van der Waals surface area contributed by atoms with Gasteiger partial charge in [0.2, 0.25) is 0 Å². The maximum Gasteiger partial charge on any atom is 0.263 e. The van der Waals surface area contributed by atoms with Crippen LogP contribution < -0.4 is 10.6 Å². The Kier molecular flexibility index (Phi) is 10.6. The van der Waals surface area contributed by atoms with Gasteiger partial charge in [-0.15, -0.1) is 0 Å². The van der Waals surface area contributed by atoms with Gasteiger partial charge in [-0.1, -0.05) is 27.2 Å². The van der Waals surface area contributed by atoms with Crippen LogP contribution in [-0.2, 0) is 4.79 Å². The van der Waals surface area contributed by atoms with Gasteiger partial charge in [-0.2, -0.15) is 5.26 Å². The van der Waals surface area contributed by atoms with Crippen molar-refractivity contribution in [2.75, 3.05) is 32.7 Å². The molecule has 0 atom stereocenters. The maximum absolute atomic E-state index is 11.6. The summed E-state index contributed by atoms with van der Waals surface area (Å²) in [5.41, 5.74) is 0.135. The van der Waals surface area contributed by atoms with Crippen molar-refractivity contribution in [1.82, 2.24) is 15.5 Å². The fourth-order valence-electron chi connectivity index (χ4n) is 1.56. The zero-order chi connectivity index (χ0) is 14.5. The Morgan fingerprint density at radius 1 is 1.26 bits per heavy atom. The zero-order valence-corrected chi connectivity index (χ0v) is 12.3. The second kappa shape index (κ2) is 11.5. The quantitative estimate of drug-likeness (QED) is 0.355. The van der Waals surface area contributed by atoms with E-state index in [0.29, 0.717) is 6.54 Å². The van der Waals surface area contributed by atoms with E-state index >= 15 is 0 Å². The molecule has 0 unspecified atom stereocenters. The molecule has 0 radical (unpaired) electrons. The number of hydrogen-bond acceptors (Lipinski definition) is 4. The van der Waals surface area contributed by atoms with Crippen molar-refractivity contribution in [3.8, 4) is 6.07 Å². The van der Waals surface area contributed by atoms with Crippen LogP contribution in [-0.4, -0.2) is 43.5 Å². The van der Waals surface area contributed by atoms with Crippen LogP contribution in [0.1, 0.15) is 33.6 Å².